The number of aromatic nitrogens is 6. The van der Waals surface area contributed by atoms with Gasteiger partial charge in [-0.05, 0) is 57.7 Å². The fourth-order valence-corrected chi connectivity index (χ4v) is 7.50. The molecule has 6 aromatic carbocycles. The van der Waals surface area contributed by atoms with E-state index in [0.29, 0.717) is 30.3 Å². The molecule has 0 amide bonds. The van der Waals surface area contributed by atoms with E-state index in [1.807, 2.05) is 83.9 Å². The van der Waals surface area contributed by atoms with Crippen molar-refractivity contribution in [3.8, 4) is 33.8 Å². The van der Waals surface area contributed by atoms with E-state index >= 15 is 0 Å². The average molecular weight is 736 g/mol. The van der Waals surface area contributed by atoms with Crippen molar-refractivity contribution in [1.29, 1.82) is 0 Å². The van der Waals surface area contributed by atoms with Crippen LogP contribution in [0, 0.1) is 0 Å². The van der Waals surface area contributed by atoms with E-state index in [1.54, 1.807) is 0 Å². The number of benzene rings is 6. The summed E-state index contributed by atoms with van der Waals surface area (Å²) in [6.07, 6.45) is 0. The summed E-state index contributed by atoms with van der Waals surface area (Å²) < 4.78 is 9.31. The summed E-state index contributed by atoms with van der Waals surface area (Å²) >= 11 is 0. The Hall–Kier alpha value is -7.13. The monoisotopic (exact) mass is 735 g/mol. The lowest BCUT2D eigenvalue weighted by Crippen LogP contribution is -2.39. The smallest absolute Gasteiger partial charge is 0.344 e. The second-order valence-electron chi connectivity index (χ2n) is 13.3. The van der Waals surface area contributed by atoms with Crippen LogP contribution in [-0.4, -0.2) is 42.6 Å². The van der Waals surface area contributed by atoms with Gasteiger partial charge in [-0.3, -0.25) is 4.68 Å². The van der Waals surface area contributed by atoms with Gasteiger partial charge in [-0.2, -0.15) is 5.10 Å². The molecule has 0 aliphatic heterocycles. The van der Waals surface area contributed by atoms with Gasteiger partial charge in [-0.25, -0.2) is 9.48 Å². The second kappa shape index (κ2) is 16.1. The minimum absolute atomic E-state index is 0.269. The lowest BCUT2D eigenvalue weighted by Gasteiger charge is -2.36. The number of ether oxygens (including phenoxy) is 1. The van der Waals surface area contributed by atoms with Crippen molar-refractivity contribution >= 4 is 11.8 Å². The fourth-order valence-electron chi connectivity index (χ4n) is 7.50. The number of nitrogens with one attached hydrogen (secondary N) is 1. The highest BCUT2D eigenvalue weighted by molar-refractivity contribution is 6.01. The van der Waals surface area contributed by atoms with E-state index < -0.39 is 11.5 Å². The summed E-state index contributed by atoms with van der Waals surface area (Å²) in [4.78, 5) is 13.3. The van der Waals surface area contributed by atoms with Gasteiger partial charge in [0.05, 0.1) is 12.3 Å². The maximum Gasteiger partial charge on any atom is 0.344 e. The second-order valence-corrected chi connectivity index (χ2v) is 13.3. The topological polar surface area (TPSA) is 99.8 Å². The molecule has 0 radical (unpaired) electrons. The molecule has 276 valence electrons. The molecule has 0 aliphatic rings. The van der Waals surface area contributed by atoms with Crippen molar-refractivity contribution in [2.75, 3.05) is 11.9 Å². The van der Waals surface area contributed by atoms with E-state index in [2.05, 4.69) is 120 Å². The van der Waals surface area contributed by atoms with Gasteiger partial charge >= 0.3 is 5.97 Å². The zero-order valence-electron chi connectivity index (χ0n) is 31.3. The molecule has 0 fully saturated rings. The lowest BCUT2D eigenvalue weighted by molar-refractivity contribution is 0.0528. The molecule has 2 aromatic heterocycles. The molecule has 0 aliphatic carbocycles. The zero-order valence-corrected chi connectivity index (χ0v) is 31.3. The van der Waals surface area contributed by atoms with Crippen LogP contribution in [-0.2, 0) is 23.4 Å². The average Bonchev–Trinajstić information content (AvgIpc) is 3.91. The highest BCUT2D eigenvalue weighted by Crippen LogP contribution is 2.43. The molecule has 9 nitrogen and oxygen atoms in total. The van der Waals surface area contributed by atoms with Crippen LogP contribution in [0.2, 0.25) is 0 Å². The highest BCUT2D eigenvalue weighted by Gasteiger charge is 2.42. The van der Waals surface area contributed by atoms with E-state index in [1.165, 1.54) is 0 Å². The maximum atomic E-state index is 13.3. The molecule has 1 N–H and O–H groups in total. The number of hydrogen-bond donors (Lipinski definition) is 1. The number of aryl methyl sites for hydroxylation is 1. The standard InChI is InChI=1S/C47H41N7O2/c1-3-53-43(36-19-9-5-10-20-36)42(46(55)56-4-2)44(50-53)48-33-34-29-31-35(32-30-34)40-27-17-18-28-41(40)45-49-51-52-54(45)47(37-21-11-6-12-22-37,38-23-13-7-14-24-38)39-25-15-8-16-26-39/h5-32H,3-4,33H2,1-2H3,(H,48,50). The quantitative estimate of drug-likeness (QED) is 0.0930. The number of carbonyl (C=O) groups excluding carboxylic acids is 1. The predicted molar refractivity (Wildman–Crippen MR) is 220 cm³/mol. The molecule has 8 rings (SSSR count). The normalized spacial score (nSPS) is 11.3. The lowest BCUT2D eigenvalue weighted by atomic mass is 9.77. The summed E-state index contributed by atoms with van der Waals surface area (Å²) in [6.45, 7) is 5.14. The van der Waals surface area contributed by atoms with Gasteiger partial charge in [0, 0.05) is 24.2 Å². The number of nitrogens with zero attached hydrogens (tertiary/aromatic N) is 6. The minimum atomic E-state index is -0.876. The summed E-state index contributed by atoms with van der Waals surface area (Å²) in [5.41, 5.74) is 8.22. The summed E-state index contributed by atoms with van der Waals surface area (Å²) in [5.74, 6) is 0.720. The summed E-state index contributed by atoms with van der Waals surface area (Å²) in [7, 11) is 0. The third-order valence-electron chi connectivity index (χ3n) is 10.0. The van der Waals surface area contributed by atoms with Crippen molar-refractivity contribution in [3.63, 3.8) is 0 Å². The molecule has 2 heterocycles. The Labute approximate surface area is 326 Å². The van der Waals surface area contributed by atoms with Gasteiger partial charge in [0.25, 0.3) is 0 Å². The first kappa shape index (κ1) is 35.9. The largest absolute Gasteiger partial charge is 0.462 e. The number of hydrogen-bond acceptors (Lipinski definition) is 7. The van der Waals surface area contributed by atoms with E-state index in [-0.39, 0.29) is 6.61 Å². The molecular formula is C47H41N7O2. The van der Waals surface area contributed by atoms with Gasteiger partial charge in [0.15, 0.2) is 11.6 Å². The van der Waals surface area contributed by atoms with Gasteiger partial charge in [-0.1, -0.05) is 170 Å². The van der Waals surface area contributed by atoms with E-state index in [9.17, 15) is 4.79 Å². The third kappa shape index (κ3) is 6.64. The van der Waals surface area contributed by atoms with Crippen molar-refractivity contribution in [2.24, 2.45) is 0 Å². The first-order valence-electron chi connectivity index (χ1n) is 18.8. The first-order chi connectivity index (χ1) is 27.6. The van der Waals surface area contributed by atoms with Gasteiger partial charge in [-0.15, -0.1) is 5.10 Å². The molecule has 0 saturated heterocycles. The molecule has 0 bridgehead atoms. The third-order valence-corrected chi connectivity index (χ3v) is 10.0. The number of tetrazole rings is 1. The summed E-state index contributed by atoms with van der Waals surface area (Å²) in [6, 6.07) is 57.7. The van der Waals surface area contributed by atoms with Gasteiger partial charge in [0.1, 0.15) is 11.1 Å². The van der Waals surface area contributed by atoms with Crippen LogP contribution in [0.4, 0.5) is 5.82 Å². The Morgan fingerprint density at radius 3 is 1.73 bits per heavy atom. The SMILES string of the molecule is CCOC(=O)c1c(NCc2ccc(-c3ccccc3-c3nnnn3C(c3ccccc3)(c3ccccc3)c3ccccc3)cc2)nn(CC)c1-c1ccccc1. The predicted octanol–water partition coefficient (Wildman–Crippen LogP) is 9.52. The highest BCUT2D eigenvalue weighted by atomic mass is 16.5. The number of carbonyl (C=O) groups is 1. The van der Waals surface area contributed by atoms with E-state index in [4.69, 9.17) is 20.1 Å². The minimum Gasteiger partial charge on any atom is -0.462 e. The number of anilines is 1. The van der Waals surface area contributed by atoms with Crippen LogP contribution >= 0.6 is 0 Å². The van der Waals surface area contributed by atoms with Crippen molar-refractivity contribution in [2.45, 2.75) is 32.5 Å². The van der Waals surface area contributed by atoms with Crippen LogP contribution in [0.25, 0.3) is 33.8 Å². The Morgan fingerprint density at radius 1 is 0.643 bits per heavy atom. The maximum absolute atomic E-state index is 13.3. The Kier molecular flexibility index (Phi) is 10.3. The van der Waals surface area contributed by atoms with Crippen LogP contribution < -0.4 is 5.32 Å². The first-order valence-corrected chi connectivity index (χ1v) is 18.8. The van der Waals surface area contributed by atoms with Crippen LogP contribution in [0.1, 0.15) is 46.5 Å². The molecule has 56 heavy (non-hydrogen) atoms. The molecule has 9 heteroatoms. The molecule has 0 unspecified atom stereocenters. The van der Waals surface area contributed by atoms with Crippen LogP contribution in [0.3, 0.4) is 0 Å². The molecule has 0 atom stereocenters. The Morgan fingerprint density at radius 2 is 1.18 bits per heavy atom. The Balaban J connectivity index is 1.16. The van der Waals surface area contributed by atoms with Crippen molar-refractivity contribution < 1.29 is 9.53 Å². The Bertz CT molecular complexity index is 2440. The van der Waals surface area contributed by atoms with Gasteiger partial charge < -0.3 is 10.1 Å². The van der Waals surface area contributed by atoms with Crippen LogP contribution in [0.5, 0.6) is 0 Å². The molecule has 8 aromatic rings. The van der Waals surface area contributed by atoms with Gasteiger partial charge in [0.2, 0.25) is 0 Å². The summed E-state index contributed by atoms with van der Waals surface area (Å²) in [5, 5.41) is 22.0. The molecule has 0 spiro atoms. The van der Waals surface area contributed by atoms with Crippen molar-refractivity contribution in [1.82, 2.24) is 30.0 Å². The van der Waals surface area contributed by atoms with Crippen LogP contribution in [0.15, 0.2) is 170 Å². The zero-order chi connectivity index (χ0) is 38.3. The fraction of sp³-hybridized carbons (Fsp3) is 0.128. The number of rotatable bonds is 13. The molecular weight excluding hydrogens is 695 g/mol. The van der Waals surface area contributed by atoms with E-state index in [0.717, 1.165) is 50.2 Å². The number of esters is 1. The van der Waals surface area contributed by atoms with Crippen molar-refractivity contribution in [3.05, 3.63) is 198 Å². The molecule has 0 saturated carbocycles.